The Labute approximate surface area is 156 Å². The largest absolute Gasteiger partial charge is 0.326 e. The van der Waals surface area contributed by atoms with Gasteiger partial charge in [-0.3, -0.25) is 19.7 Å². The zero-order valence-electron chi connectivity index (χ0n) is 13.1. The van der Waals surface area contributed by atoms with Gasteiger partial charge in [-0.25, -0.2) is 0 Å². The topological polar surface area (TPSA) is 101 Å². The smallest absolute Gasteiger partial charge is 0.270 e. The van der Waals surface area contributed by atoms with Crippen LogP contribution in [0.4, 0.5) is 17.1 Å². The molecule has 0 unspecified atom stereocenters. The number of hydrogen-bond acceptors (Lipinski definition) is 5. The number of amides is 2. The van der Waals surface area contributed by atoms with E-state index < -0.39 is 4.92 Å². The summed E-state index contributed by atoms with van der Waals surface area (Å²) in [5.74, 6) is -0.193. The van der Waals surface area contributed by atoms with Crippen molar-refractivity contribution in [3.63, 3.8) is 0 Å². The molecule has 7 nitrogen and oxygen atoms in total. The molecule has 0 heterocycles. The van der Waals surface area contributed by atoms with Crippen LogP contribution in [-0.2, 0) is 9.59 Å². The summed E-state index contributed by atoms with van der Waals surface area (Å²) in [6.07, 6.45) is 0. The lowest BCUT2D eigenvalue weighted by molar-refractivity contribution is -0.384. The van der Waals surface area contributed by atoms with Gasteiger partial charge in [0, 0.05) is 34.1 Å². The molecule has 0 aromatic heterocycles. The lowest BCUT2D eigenvalue weighted by Crippen LogP contribution is -2.14. The highest BCUT2D eigenvalue weighted by Gasteiger charge is 2.11. The second kappa shape index (κ2) is 8.63. The molecule has 2 aromatic carbocycles. The quantitative estimate of drug-likeness (QED) is 0.414. The normalized spacial score (nSPS) is 10.2. The number of carbonyl (C=O) groups is 2. The van der Waals surface area contributed by atoms with Gasteiger partial charge >= 0.3 is 0 Å². The first-order valence-corrected chi connectivity index (χ1v) is 8.87. The zero-order valence-corrected chi connectivity index (χ0v) is 15.5. The highest BCUT2D eigenvalue weighted by molar-refractivity contribution is 9.10. The number of halogens is 1. The number of nitro benzene ring substituents is 1. The van der Waals surface area contributed by atoms with E-state index in [-0.39, 0.29) is 23.3 Å². The molecule has 0 aliphatic rings. The average Bonchev–Trinajstić information content (AvgIpc) is 2.55. The average molecular weight is 424 g/mol. The predicted octanol–water partition coefficient (Wildman–Crippen LogP) is 4.05. The lowest BCUT2D eigenvalue weighted by Gasteiger charge is -2.08. The summed E-state index contributed by atoms with van der Waals surface area (Å²) in [6, 6.07) is 11.3. The molecule has 2 N–H and O–H groups in total. The van der Waals surface area contributed by atoms with Gasteiger partial charge in [0.05, 0.1) is 16.4 Å². The van der Waals surface area contributed by atoms with E-state index in [0.29, 0.717) is 15.8 Å². The summed E-state index contributed by atoms with van der Waals surface area (Å²) in [4.78, 5) is 34.1. The number of nitrogens with zero attached hydrogens (tertiary/aromatic N) is 1. The third kappa shape index (κ3) is 5.87. The van der Waals surface area contributed by atoms with Crippen molar-refractivity contribution >= 4 is 56.6 Å². The summed E-state index contributed by atoms with van der Waals surface area (Å²) in [6.45, 7) is 1.43. The van der Waals surface area contributed by atoms with E-state index in [1.165, 1.54) is 36.9 Å². The number of nitro groups is 1. The van der Waals surface area contributed by atoms with Crippen LogP contribution in [0.25, 0.3) is 0 Å². The molecule has 0 saturated heterocycles. The Kier molecular flexibility index (Phi) is 6.54. The number of thioether (sulfide) groups is 1. The summed E-state index contributed by atoms with van der Waals surface area (Å²) in [5.41, 5.74) is 1.10. The van der Waals surface area contributed by atoms with Gasteiger partial charge in [-0.15, -0.1) is 11.8 Å². The van der Waals surface area contributed by atoms with Crippen molar-refractivity contribution in [3.05, 3.63) is 57.1 Å². The molecule has 0 fully saturated rings. The molecule has 0 aliphatic carbocycles. The molecule has 130 valence electrons. The first kappa shape index (κ1) is 18.9. The molecule has 0 spiro atoms. The Morgan fingerprint density at radius 1 is 1.16 bits per heavy atom. The minimum Gasteiger partial charge on any atom is -0.326 e. The number of rotatable bonds is 6. The summed E-state index contributed by atoms with van der Waals surface area (Å²) in [5, 5.41) is 16.1. The van der Waals surface area contributed by atoms with Gasteiger partial charge in [0.25, 0.3) is 5.69 Å². The second-order valence-electron chi connectivity index (χ2n) is 4.96. The molecule has 0 saturated carbocycles. The molecule has 25 heavy (non-hydrogen) atoms. The third-order valence-electron chi connectivity index (χ3n) is 2.98. The summed E-state index contributed by atoms with van der Waals surface area (Å²) < 4.78 is 0.444. The van der Waals surface area contributed by atoms with E-state index in [4.69, 9.17) is 0 Å². The maximum absolute atomic E-state index is 12.0. The van der Waals surface area contributed by atoms with E-state index in [1.807, 2.05) is 12.1 Å². The second-order valence-corrected chi connectivity index (χ2v) is 6.87. The zero-order chi connectivity index (χ0) is 18.4. The minimum absolute atomic E-state index is 0.0569. The molecule has 0 aliphatic heterocycles. The minimum atomic E-state index is -0.503. The van der Waals surface area contributed by atoms with Gasteiger partial charge in [0.1, 0.15) is 0 Å². The van der Waals surface area contributed by atoms with Crippen molar-refractivity contribution in [2.75, 3.05) is 16.4 Å². The molecule has 0 atom stereocenters. The Hall–Kier alpha value is -2.39. The van der Waals surface area contributed by atoms with Gasteiger partial charge in [0.2, 0.25) is 11.8 Å². The van der Waals surface area contributed by atoms with E-state index in [0.717, 1.165) is 4.90 Å². The fourth-order valence-corrected chi connectivity index (χ4v) is 3.06. The van der Waals surface area contributed by atoms with Crippen molar-refractivity contribution < 1.29 is 14.5 Å². The van der Waals surface area contributed by atoms with Gasteiger partial charge in [0.15, 0.2) is 0 Å². The van der Waals surface area contributed by atoms with E-state index in [9.17, 15) is 19.7 Å². The van der Waals surface area contributed by atoms with Crippen molar-refractivity contribution in [1.82, 2.24) is 0 Å². The Morgan fingerprint density at radius 2 is 1.84 bits per heavy atom. The highest BCUT2D eigenvalue weighted by Crippen LogP contribution is 2.27. The summed E-state index contributed by atoms with van der Waals surface area (Å²) in [7, 11) is 0. The number of non-ortho nitro benzene ring substituents is 1. The molecule has 0 radical (unpaired) electrons. The van der Waals surface area contributed by atoms with Crippen LogP contribution in [0.1, 0.15) is 6.92 Å². The fraction of sp³-hybridized carbons (Fsp3) is 0.125. The first-order chi connectivity index (χ1) is 11.8. The molecule has 2 amide bonds. The van der Waals surface area contributed by atoms with E-state index >= 15 is 0 Å². The SMILES string of the molecule is CC(=O)Nc1ccc(SCC(=O)Nc2ccc([N+](=O)[O-])cc2Br)cc1. The van der Waals surface area contributed by atoms with E-state index in [1.54, 1.807) is 12.1 Å². The van der Waals surface area contributed by atoms with Crippen LogP contribution in [0.5, 0.6) is 0 Å². The van der Waals surface area contributed by atoms with Crippen LogP contribution < -0.4 is 10.6 Å². The van der Waals surface area contributed by atoms with Crippen LogP contribution in [0, 0.1) is 10.1 Å². The number of nitrogens with one attached hydrogen (secondary N) is 2. The number of hydrogen-bond donors (Lipinski definition) is 2. The summed E-state index contributed by atoms with van der Waals surface area (Å²) >= 11 is 4.55. The van der Waals surface area contributed by atoms with Crippen molar-refractivity contribution in [2.24, 2.45) is 0 Å². The van der Waals surface area contributed by atoms with Crippen LogP contribution in [-0.4, -0.2) is 22.5 Å². The third-order valence-corrected chi connectivity index (χ3v) is 4.65. The molecular weight excluding hydrogens is 410 g/mol. The van der Waals surface area contributed by atoms with Crippen LogP contribution >= 0.6 is 27.7 Å². The lowest BCUT2D eigenvalue weighted by atomic mass is 10.3. The number of anilines is 2. The molecular formula is C16H14BrN3O4S. The van der Waals surface area contributed by atoms with Crippen molar-refractivity contribution in [2.45, 2.75) is 11.8 Å². The number of benzene rings is 2. The van der Waals surface area contributed by atoms with Gasteiger partial charge in [-0.2, -0.15) is 0 Å². The van der Waals surface area contributed by atoms with Gasteiger partial charge in [-0.1, -0.05) is 0 Å². The molecule has 2 rings (SSSR count). The molecule has 9 heteroatoms. The monoisotopic (exact) mass is 423 g/mol. The Bertz CT molecular complexity index is 812. The van der Waals surface area contributed by atoms with Crippen molar-refractivity contribution in [3.8, 4) is 0 Å². The number of carbonyl (C=O) groups excluding carboxylic acids is 2. The Morgan fingerprint density at radius 3 is 2.40 bits per heavy atom. The highest BCUT2D eigenvalue weighted by atomic mass is 79.9. The van der Waals surface area contributed by atoms with Crippen molar-refractivity contribution in [1.29, 1.82) is 0 Å². The van der Waals surface area contributed by atoms with Crippen LogP contribution in [0.3, 0.4) is 0 Å². The molecule has 2 aromatic rings. The molecule has 0 bridgehead atoms. The van der Waals surface area contributed by atoms with E-state index in [2.05, 4.69) is 26.6 Å². The maximum atomic E-state index is 12.0. The van der Waals surface area contributed by atoms with Crippen LogP contribution in [0.15, 0.2) is 51.8 Å². The fourth-order valence-electron chi connectivity index (χ4n) is 1.89. The maximum Gasteiger partial charge on any atom is 0.270 e. The van der Waals surface area contributed by atoms with Crippen LogP contribution in [0.2, 0.25) is 0 Å². The predicted molar refractivity (Wildman–Crippen MR) is 101 cm³/mol. The first-order valence-electron chi connectivity index (χ1n) is 7.09. The Balaban J connectivity index is 1.90. The standard InChI is InChI=1S/C16H14BrN3O4S/c1-10(21)18-11-2-5-13(6-3-11)25-9-16(22)19-15-7-4-12(20(23)24)8-14(15)17/h2-8H,9H2,1H3,(H,18,21)(H,19,22). The van der Waals surface area contributed by atoms with Gasteiger partial charge in [-0.05, 0) is 46.3 Å². The van der Waals surface area contributed by atoms with Gasteiger partial charge < -0.3 is 10.6 Å².